The predicted octanol–water partition coefficient (Wildman–Crippen LogP) is 1.41. The lowest BCUT2D eigenvalue weighted by molar-refractivity contribution is 0.0660. The number of carbonyl (C=O) groups is 1. The Balaban J connectivity index is 2.56. The van der Waals surface area contributed by atoms with Gasteiger partial charge in [0.15, 0.2) is 5.78 Å². The second-order valence-electron chi connectivity index (χ2n) is 2.91. The molecule has 1 heterocycles. The van der Waals surface area contributed by atoms with Crippen LogP contribution in [0.25, 0.3) is 0 Å². The summed E-state index contributed by atoms with van der Waals surface area (Å²) < 4.78 is 10.2. The number of benzene rings is 1. The number of carbonyl (C=O) groups excluding carboxylic acids is 1. The highest BCUT2D eigenvalue weighted by Crippen LogP contribution is 2.26. The molecule has 0 bridgehead atoms. The van der Waals surface area contributed by atoms with Gasteiger partial charge in [-0.15, -0.1) is 0 Å². The molecular formula is C10H10O3. The fourth-order valence-electron chi connectivity index (χ4n) is 1.51. The van der Waals surface area contributed by atoms with Crippen LogP contribution < -0.4 is 4.74 Å². The molecule has 0 N–H and O–H groups in total. The molecule has 68 valence electrons. The smallest absolute Gasteiger partial charge is 0.192 e. The SMILES string of the molecule is COc1cccc2c1C(=O)COC2. The van der Waals surface area contributed by atoms with Crippen molar-refractivity contribution in [2.45, 2.75) is 6.61 Å². The summed E-state index contributed by atoms with van der Waals surface area (Å²) in [6.07, 6.45) is 0. The first kappa shape index (κ1) is 8.26. The Labute approximate surface area is 76.3 Å². The minimum absolute atomic E-state index is 0.00120. The van der Waals surface area contributed by atoms with E-state index in [0.29, 0.717) is 17.9 Å². The van der Waals surface area contributed by atoms with Crippen molar-refractivity contribution in [1.82, 2.24) is 0 Å². The number of ether oxygens (including phenoxy) is 2. The summed E-state index contributed by atoms with van der Waals surface area (Å²) in [5.74, 6) is 0.643. The first-order valence-corrected chi connectivity index (χ1v) is 4.09. The van der Waals surface area contributed by atoms with E-state index in [9.17, 15) is 4.79 Å². The molecule has 1 aromatic rings. The minimum atomic E-state index is -0.00120. The van der Waals surface area contributed by atoms with E-state index < -0.39 is 0 Å². The summed E-state index contributed by atoms with van der Waals surface area (Å²) in [4.78, 5) is 11.5. The third kappa shape index (κ3) is 1.31. The predicted molar refractivity (Wildman–Crippen MR) is 47.0 cm³/mol. The van der Waals surface area contributed by atoms with Crippen molar-refractivity contribution < 1.29 is 14.3 Å². The Morgan fingerprint density at radius 2 is 2.23 bits per heavy atom. The number of fused-ring (bicyclic) bond motifs is 1. The molecule has 0 atom stereocenters. The maximum atomic E-state index is 11.5. The van der Waals surface area contributed by atoms with Crippen LogP contribution >= 0.6 is 0 Å². The molecule has 0 radical (unpaired) electrons. The van der Waals surface area contributed by atoms with E-state index >= 15 is 0 Å². The average Bonchev–Trinajstić information content (AvgIpc) is 2.17. The third-order valence-electron chi connectivity index (χ3n) is 2.10. The zero-order chi connectivity index (χ0) is 9.26. The van der Waals surface area contributed by atoms with Gasteiger partial charge < -0.3 is 9.47 Å². The molecule has 0 unspecified atom stereocenters. The van der Waals surface area contributed by atoms with E-state index in [1.807, 2.05) is 12.1 Å². The van der Waals surface area contributed by atoms with Gasteiger partial charge in [0.1, 0.15) is 12.4 Å². The first-order valence-electron chi connectivity index (χ1n) is 4.09. The van der Waals surface area contributed by atoms with Crippen LogP contribution in [-0.2, 0) is 11.3 Å². The monoisotopic (exact) mass is 178 g/mol. The van der Waals surface area contributed by atoms with Crippen molar-refractivity contribution in [3.8, 4) is 5.75 Å². The van der Waals surface area contributed by atoms with Gasteiger partial charge in [-0.25, -0.2) is 0 Å². The van der Waals surface area contributed by atoms with E-state index in [4.69, 9.17) is 9.47 Å². The maximum absolute atomic E-state index is 11.5. The molecule has 3 heteroatoms. The Morgan fingerprint density at radius 3 is 3.00 bits per heavy atom. The highest BCUT2D eigenvalue weighted by Gasteiger charge is 2.21. The fraction of sp³-hybridized carbons (Fsp3) is 0.300. The lowest BCUT2D eigenvalue weighted by Gasteiger charge is -2.17. The summed E-state index contributed by atoms with van der Waals surface area (Å²) in [5, 5.41) is 0. The Bertz CT molecular complexity index is 330. The summed E-state index contributed by atoms with van der Waals surface area (Å²) in [6.45, 7) is 0.658. The van der Waals surface area contributed by atoms with Gasteiger partial charge in [0.2, 0.25) is 0 Å². The molecule has 0 amide bonds. The number of ketones is 1. The molecule has 1 aromatic carbocycles. The maximum Gasteiger partial charge on any atom is 0.192 e. The van der Waals surface area contributed by atoms with Crippen LogP contribution in [0.5, 0.6) is 5.75 Å². The van der Waals surface area contributed by atoms with Crippen LogP contribution in [0.15, 0.2) is 18.2 Å². The van der Waals surface area contributed by atoms with E-state index in [2.05, 4.69) is 0 Å². The highest BCUT2D eigenvalue weighted by molar-refractivity contribution is 6.01. The van der Waals surface area contributed by atoms with Crippen molar-refractivity contribution in [1.29, 1.82) is 0 Å². The minimum Gasteiger partial charge on any atom is -0.496 e. The number of Topliss-reactive ketones (excluding diaryl/α,β-unsaturated/α-hetero) is 1. The molecule has 0 aliphatic carbocycles. The first-order chi connectivity index (χ1) is 6.33. The summed E-state index contributed by atoms with van der Waals surface area (Å²) in [6, 6.07) is 5.54. The molecule has 1 aliphatic heterocycles. The Kier molecular flexibility index (Phi) is 2.02. The van der Waals surface area contributed by atoms with Gasteiger partial charge in [-0.2, -0.15) is 0 Å². The summed E-state index contributed by atoms with van der Waals surface area (Å²) in [5.41, 5.74) is 1.59. The molecule has 0 aromatic heterocycles. The van der Waals surface area contributed by atoms with Crippen molar-refractivity contribution in [3.05, 3.63) is 29.3 Å². The number of hydrogen-bond donors (Lipinski definition) is 0. The molecule has 1 aliphatic rings. The number of rotatable bonds is 1. The van der Waals surface area contributed by atoms with Gasteiger partial charge in [0.25, 0.3) is 0 Å². The average molecular weight is 178 g/mol. The molecule has 0 spiro atoms. The van der Waals surface area contributed by atoms with Gasteiger partial charge in [-0.1, -0.05) is 12.1 Å². The van der Waals surface area contributed by atoms with Crippen LogP contribution in [0.4, 0.5) is 0 Å². The second kappa shape index (κ2) is 3.18. The molecule has 0 saturated carbocycles. The van der Waals surface area contributed by atoms with E-state index in [1.165, 1.54) is 0 Å². The highest BCUT2D eigenvalue weighted by atomic mass is 16.5. The number of hydrogen-bond acceptors (Lipinski definition) is 3. The van der Waals surface area contributed by atoms with Crippen molar-refractivity contribution in [2.24, 2.45) is 0 Å². The van der Waals surface area contributed by atoms with Gasteiger partial charge in [0, 0.05) is 0 Å². The molecular weight excluding hydrogens is 168 g/mol. The normalized spacial score (nSPS) is 15.3. The Hall–Kier alpha value is -1.35. The Morgan fingerprint density at radius 1 is 1.38 bits per heavy atom. The molecule has 13 heavy (non-hydrogen) atoms. The lowest BCUT2D eigenvalue weighted by Crippen LogP contribution is -2.18. The van der Waals surface area contributed by atoms with Crippen molar-refractivity contribution in [3.63, 3.8) is 0 Å². The van der Waals surface area contributed by atoms with Crippen LogP contribution in [0.3, 0.4) is 0 Å². The van der Waals surface area contributed by atoms with Crippen LogP contribution in [-0.4, -0.2) is 19.5 Å². The molecule has 3 nitrogen and oxygen atoms in total. The van der Waals surface area contributed by atoms with E-state index in [1.54, 1.807) is 13.2 Å². The summed E-state index contributed by atoms with van der Waals surface area (Å²) in [7, 11) is 1.57. The van der Waals surface area contributed by atoms with Crippen LogP contribution in [0.1, 0.15) is 15.9 Å². The van der Waals surface area contributed by atoms with E-state index in [-0.39, 0.29) is 12.4 Å². The lowest BCUT2D eigenvalue weighted by atomic mass is 10.0. The summed E-state index contributed by atoms with van der Waals surface area (Å²) >= 11 is 0. The van der Waals surface area contributed by atoms with Crippen LogP contribution in [0, 0.1) is 0 Å². The molecule has 0 fully saturated rings. The van der Waals surface area contributed by atoms with Gasteiger partial charge in [0.05, 0.1) is 19.3 Å². The molecule has 2 rings (SSSR count). The van der Waals surface area contributed by atoms with Gasteiger partial charge in [-0.05, 0) is 11.6 Å². The third-order valence-corrected chi connectivity index (χ3v) is 2.10. The van der Waals surface area contributed by atoms with E-state index in [0.717, 1.165) is 5.56 Å². The van der Waals surface area contributed by atoms with Gasteiger partial charge in [-0.3, -0.25) is 4.79 Å². The quantitative estimate of drug-likeness (QED) is 0.652. The number of methoxy groups -OCH3 is 1. The fourth-order valence-corrected chi connectivity index (χ4v) is 1.51. The second-order valence-corrected chi connectivity index (χ2v) is 2.91. The van der Waals surface area contributed by atoms with Crippen LogP contribution in [0.2, 0.25) is 0 Å². The zero-order valence-corrected chi connectivity index (χ0v) is 7.37. The van der Waals surface area contributed by atoms with Gasteiger partial charge >= 0.3 is 0 Å². The zero-order valence-electron chi connectivity index (χ0n) is 7.37. The standard InChI is InChI=1S/C10H10O3/c1-12-9-4-2-3-7-5-13-6-8(11)10(7)9/h2-4H,5-6H2,1H3. The van der Waals surface area contributed by atoms with Crippen molar-refractivity contribution in [2.75, 3.05) is 13.7 Å². The van der Waals surface area contributed by atoms with Crippen molar-refractivity contribution >= 4 is 5.78 Å². The largest absolute Gasteiger partial charge is 0.496 e. The topological polar surface area (TPSA) is 35.5 Å². The molecule has 0 saturated heterocycles.